The van der Waals surface area contributed by atoms with Gasteiger partial charge < -0.3 is 22.1 Å². The van der Waals surface area contributed by atoms with Gasteiger partial charge >= 0.3 is 0 Å². The molecule has 166 valence electrons. The lowest BCUT2D eigenvalue weighted by atomic mass is 10.0. The Bertz CT molecular complexity index is 1280. The lowest BCUT2D eigenvalue weighted by Gasteiger charge is -2.06. The van der Waals surface area contributed by atoms with Gasteiger partial charge in [0, 0.05) is 28.7 Å². The standard InChI is InChI=1S/C25H23N5O2S/c26-13-16-3-1-4-18(11-16)19-5-2-6-20(12-19)22-15-33-25(29-22)30-23(31)14-28-24(32)17-7-9-21(27)10-8-17/h1-12,15H,13-14,26-27H2,(H,28,32)(H,29,30,31). The van der Waals surface area contributed by atoms with Crippen LogP contribution in [0.25, 0.3) is 22.4 Å². The Hall–Kier alpha value is -4.01. The maximum absolute atomic E-state index is 12.3. The largest absolute Gasteiger partial charge is 0.399 e. The van der Waals surface area contributed by atoms with Crippen molar-refractivity contribution in [3.63, 3.8) is 0 Å². The summed E-state index contributed by atoms with van der Waals surface area (Å²) in [4.78, 5) is 28.9. The number of anilines is 2. The fraction of sp³-hybridized carbons (Fsp3) is 0.0800. The Morgan fingerprint density at radius 1 is 0.909 bits per heavy atom. The van der Waals surface area contributed by atoms with Crippen LogP contribution in [0.2, 0.25) is 0 Å². The number of carbonyl (C=O) groups is 2. The SMILES string of the molecule is NCc1cccc(-c2cccc(-c3csc(NC(=O)CNC(=O)c4ccc(N)cc4)n3)c2)c1. The van der Waals surface area contributed by atoms with Crippen molar-refractivity contribution in [2.75, 3.05) is 17.6 Å². The molecule has 0 aliphatic heterocycles. The maximum Gasteiger partial charge on any atom is 0.251 e. The molecule has 1 heterocycles. The molecule has 7 nitrogen and oxygen atoms in total. The van der Waals surface area contributed by atoms with Crippen molar-refractivity contribution in [3.05, 3.63) is 89.3 Å². The van der Waals surface area contributed by atoms with Crippen LogP contribution in [0.4, 0.5) is 10.8 Å². The molecule has 0 fully saturated rings. The minimum Gasteiger partial charge on any atom is -0.399 e. The third-order valence-corrected chi connectivity index (χ3v) is 5.74. The second-order valence-corrected chi connectivity index (χ2v) is 8.23. The van der Waals surface area contributed by atoms with Crippen molar-refractivity contribution in [2.24, 2.45) is 5.73 Å². The van der Waals surface area contributed by atoms with Gasteiger partial charge in [0.15, 0.2) is 5.13 Å². The van der Waals surface area contributed by atoms with Gasteiger partial charge in [0.2, 0.25) is 5.91 Å². The summed E-state index contributed by atoms with van der Waals surface area (Å²) in [7, 11) is 0. The van der Waals surface area contributed by atoms with Gasteiger partial charge in [-0.1, -0.05) is 36.4 Å². The molecule has 0 radical (unpaired) electrons. The predicted molar refractivity (Wildman–Crippen MR) is 133 cm³/mol. The van der Waals surface area contributed by atoms with Gasteiger partial charge in [-0.15, -0.1) is 11.3 Å². The molecule has 4 rings (SSSR count). The first kappa shape index (κ1) is 22.2. The maximum atomic E-state index is 12.3. The first-order valence-electron chi connectivity index (χ1n) is 10.3. The van der Waals surface area contributed by atoms with E-state index in [1.165, 1.54) is 11.3 Å². The minimum absolute atomic E-state index is 0.162. The summed E-state index contributed by atoms with van der Waals surface area (Å²) in [5.41, 5.74) is 17.3. The van der Waals surface area contributed by atoms with Gasteiger partial charge in [0.1, 0.15) is 0 Å². The van der Waals surface area contributed by atoms with Crippen LogP contribution in [0.5, 0.6) is 0 Å². The summed E-state index contributed by atoms with van der Waals surface area (Å²) >= 11 is 1.33. The zero-order valence-corrected chi connectivity index (χ0v) is 18.6. The van der Waals surface area contributed by atoms with Crippen molar-refractivity contribution >= 4 is 34.0 Å². The number of nitrogen functional groups attached to an aromatic ring is 1. The molecule has 0 saturated heterocycles. The number of nitrogens with one attached hydrogen (secondary N) is 2. The van der Waals surface area contributed by atoms with Crippen LogP contribution < -0.4 is 22.1 Å². The number of carbonyl (C=O) groups excluding carboxylic acids is 2. The zero-order chi connectivity index (χ0) is 23.2. The first-order valence-corrected chi connectivity index (χ1v) is 11.2. The molecule has 4 aromatic rings. The normalized spacial score (nSPS) is 10.6. The van der Waals surface area contributed by atoms with Crippen molar-refractivity contribution in [1.29, 1.82) is 0 Å². The highest BCUT2D eigenvalue weighted by atomic mass is 32.1. The third kappa shape index (κ3) is 5.62. The molecule has 33 heavy (non-hydrogen) atoms. The smallest absolute Gasteiger partial charge is 0.251 e. The Kier molecular flexibility index (Phi) is 6.77. The molecule has 0 bridgehead atoms. The van der Waals surface area contributed by atoms with Gasteiger partial charge in [-0.05, 0) is 53.1 Å². The summed E-state index contributed by atoms with van der Waals surface area (Å²) in [6.45, 7) is 0.328. The molecule has 0 aliphatic rings. The lowest BCUT2D eigenvalue weighted by molar-refractivity contribution is -0.115. The monoisotopic (exact) mass is 457 g/mol. The van der Waals surface area contributed by atoms with Crippen LogP contribution in [0.15, 0.2) is 78.2 Å². The van der Waals surface area contributed by atoms with E-state index < -0.39 is 0 Å². The fourth-order valence-corrected chi connectivity index (χ4v) is 4.00. The quantitative estimate of drug-likeness (QED) is 0.314. The summed E-state index contributed by atoms with van der Waals surface area (Å²) in [5, 5.41) is 7.67. The third-order valence-electron chi connectivity index (χ3n) is 4.99. The van der Waals surface area contributed by atoms with Crippen LogP contribution in [0.3, 0.4) is 0 Å². The van der Waals surface area contributed by atoms with Crippen molar-refractivity contribution < 1.29 is 9.59 Å². The Labute approximate surface area is 195 Å². The molecular weight excluding hydrogens is 434 g/mol. The number of nitrogens with two attached hydrogens (primary N) is 2. The summed E-state index contributed by atoms with van der Waals surface area (Å²) in [6, 6.07) is 22.6. The van der Waals surface area contributed by atoms with Gasteiger partial charge in [0.25, 0.3) is 5.91 Å². The van der Waals surface area contributed by atoms with E-state index in [9.17, 15) is 9.59 Å². The number of amides is 2. The summed E-state index contributed by atoms with van der Waals surface area (Å²) in [6.07, 6.45) is 0. The van der Waals surface area contributed by atoms with E-state index in [0.29, 0.717) is 22.9 Å². The lowest BCUT2D eigenvalue weighted by Crippen LogP contribution is -2.32. The van der Waals surface area contributed by atoms with E-state index in [4.69, 9.17) is 11.5 Å². The van der Waals surface area contributed by atoms with E-state index in [-0.39, 0.29) is 18.4 Å². The number of aromatic nitrogens is 1. The molecule has 2 amide bonds. The zero-order valence-electron chi connectivity index (χ0n) is 17.7. The Balaban J connectivity index is 1.39. The van der Waals surface area contributed by atoms with Crippen LogP contribution in [0, 0.1) is 0 Å². The second-order valence-electron chi connectivity index (χ2n) is 7.38. The van der Waals surface area contributed by atoms with Crippen molar-refractivity contribution in [3.8, 4) is 22.4 Å². The topological polar surface area (TPSA) is 123 Å². The highest BCUT2D eigenvalue weighted by Crippen LogP contribution is 2.29. The molecule has 0 unspecified atom stereocenters. The molecular formula is C25H23N5O2S. The van der Waals surface area contributed by atoms with Crippen LogP contribution in [-0.4, -0.2) is 23.3 Å². The average molecular weight is 458 g/mol. The highest BCUT2D eigenvalue weighted by molar-refractivity contribution is 7.14. The first-order chi connectivity index (χ1) is 16.0. The second kappa shape index (κ2) is 10.1. The predicted octanol–water partition coefficient (Wildman–Crippen LogP) is 3.89. The average Bonchev–Trinajstić information content (AvgIpc) is 3.31. The molecule has 0 aliphatic carbocycles. The molecule has 0 spiro atoms. The number of thiazole rings is 1. The minimum atomic E-state index is -0.355. The van der Waals surface area contributed by atoms with Crippen molar-refractivity contribution in [1.82, 2.24) is 10.3 Å². The number of hydrogen-bond acceptors (Lipinski definition) is 6. The van der Waals surface area contributed by atoms with E-state index in [1.807, 2.05) is 41.8 Å². The number of nitrogens with zero attached hydrogens (tertiary/aromatic N) is 1. The van der Waals surface area contributed by atoms with E-state index >= 15 is 0 Å². The van der Waals surface area contributed by atoms with Crippen LogP contribution >= 0.6 is 11.3 Å². The summed E-state index contributed by atoms with van der Waals surface area (Å²) in [5.74, 6) is -0.701. The van der Waals surface area contributed by atoms with E-state index in [0.717, 1.165) is 27.9 Å². The molecule has 1 aromatic heterocycles. The number of hydrogen-bond donors (Lipinski definition) is 4. The van der Waals surface area contributed by atoms with Crippen molar-refractivity contribution in [2.45, 2.75) is 6.54 Å². The van der Waals surface area contributed by atoms with E-state index in [1.54, 1.807) is 24.3 Å². The molecule has 8 heteroatoms. The Morgan fingerprint density at radius 3 is 2.36 bits per heavy atom. The van der Waals surface area contributed by atoms with Gasteiger partial charge in [-0.25, -0.2) is 4.98 Å². The van der Waals surface area contributed by atoms with E-state index in [2.05, 4.69) is 27.8 Å². The molecule has 3 aromatic carbocycles. The van der Waals surface area contributed by atoms with Crippen LogP contribution in [-0.2, 0) is 11.3 Å². The van der Waals surface area contributed by atoms with Gasteiger partial charge in [-0.2, -0.15) is 0 Å². The number of benzene rings is 3. The molecule has 6 N–H and O–H groups in total. The van der Waals surface area contributed by atoms with Gasteiger partial charge in [-0.3, -0.25) is 9.59 Å². The van der Waals surface area contributed by atoms with Crippen LogP contribution in [0.1, 0.15) is 15.9 Å². The Morgan fingerprint density at radius 2 is 1.61 bits per heavy atom. The highest BCUT2D eigenvalue weighted by Gasteiger charge is 2.11. The summed E-state index contributed by atoms with van der Waals surface area (Å²) < 4.78 is 0. The fourth-order valence-electron chi connectivity index (χ4n) is 3.26. The number of rotatable bonds is 7. The molecule has 0 atom stereocenters. The van der Waals surface area contributed by atoms with Gasteiger partial charge in [0.05, 0.1) is 12.2 Å². The molecule has 0 saturated carbocycles.